The lowest BCUT2D eigenvalue weighted by Gasteiger charge is -2.40. The van der Waals surface area contributed by atoms with Crippen molar-refractivity contribution < 1.29 is 5.11 Å². The van der Waals surface area contributed by atoms with E-state index >= 15 is 0 Å². The number of hydrogen-bond donors (Lipinski definition) is 2. The Morgan fingerprint density at radius 1 is 1.04 bits per heavy atom. The number of aliphatic hydroxyl groups excluding tert-OH is 1. The summed E-state index contributed by atoms with van der Waals surface area (Å²) in [5.41, 5.74) is 2.71. The molecule has 0 bridgehead atoms. The monoisotopic (exact) mass is 348 g/mol. The molecule has 1 aromatic heterocycles. The maximum atomic E-state index is 9.29. The molecule has 4 rings (SSSR count). The summed E-state index contributed by atoms with van der Waals surface area (Å²) in [5, 5.41) is 21.8. The summed E-state index contributed by atoms with van der Waals surface area (Å²) in [6.07, 6.45) is 4.71. The summed E-state index contributed by atoms with van der Waals surface area (Å²) >= 11 is 0. The first kappa shape index (κ1) is 16.9. The highest BCUT2D eigenvalue weighted by atomic mass is 16.3. The summed E-state index contributed by atoms with van der Waals surface area (Å²) < 4.78 is 1.99. The molecule has 1 aliphatic heterocycles. The SMILES string of the molecule is OCCc1cn(C(c2ccccc2)(c2ccccc2)[C@@H]2CCCN2)nn1. The normalized spacial score (nSPS) is 17.5. The van der Waals surface area contributed by atoms with Crippen molar-refractivity contribution in [2.24, 2.45) is 0 Å². The van der Waals surface area contributed by atoms with Crippen molar-refractivity contribution in [2.75, 3.05) is 13.2 Å². The molecule has 0 aliphatic carbocycles. The van der Waals surface area contributed by atoms with Gasteiger partial charge in [-0.15, -0.1) is 5.10 Å². The van der Waals surface area contributed by atoms with Gasteiger partial charge in [-0.1, -0.05) is 65.9 Å². The van der Waals surface area contributed by atoms with Crippen LogP contribution in [0.25, 0.3) is 0 Å². The van der Waals surface area contributed by atoms with Gasteiger partial charge >= 0.3 is 0 Å². The second kappa shape index (κ2) is 7.40. The smallest absolute Gasteiger partial charge is 0.129 e. The fraction of sp³-hybridized carbons (Fsp3) is 0.333. The van der Waals surface area contributed by atoms with Gasteiger partial charge in [-0.25, -0.2) is 4.68 Å². The van der Waals surface area contributed by atoms with E-state index in [4.69, 9.17) is 0 Å². The van der Waals surface area contributed by atoms with Gasteiger partial charge in [0.2, 0.25) is 0 Å². The molecule has 26 heavy (non-hydrogen) atoms. The molecule has 1 aliphatic rings. The van der Waals surface area contributed by atoms with Crippen LogP contribution in [0.4, 0.5) is 0 Å². The lowest BCUT2D eigenvalue weighted by molar-refractivity contribution is 0.288. The van der Waals surface area contributed by atoms with Crippen molar-refractivity contribution in [1.29, 1.82) is 0 Å². The predicted molar refractivity (Wildman–Crippen MR) is 101 cm³/mol. The largest absolute Gasteiger partial charge is 0.396 e. The molecule has 2 heterocycles. The van der Waals surface area contributed by atoms with Crippen LogP contribution in [0.15, 0.2) is 66.9 Å². The molecule has 0 radical (unpaired) electrons. The average molecular weight is 348 g/mol. The molecule has 1 atom stereocenters. The predicted octanol–water partition coefficient (Wildman–Crippen LogP) is 2.36. The van der Waals surface area contributed by atoms with E-state index in [9.17, 15) is 5.11 Å². The second-order valence-corrected chi connectivity index (χ2v) is 6.78. The quantitative estimate of drug-likeness (QED) is 0.718. The van der Waals surface area contributed by atoms with Crippen LogP contribution in [0, 0.1) is 0 Å². The fourth-order valence-corrected chi connectivity index (χ4v) is 4.12. The Labute approximate surface area is 153 Å². The molecular weight excluding hydrogens is 324 g/mol. The van der Waals surface area contributed by atoms with Crippen molar-refractivity contribution in [3.05, 3.63) is 83.7 Å². The Bertz CT molecular complexity index is 786. The number of nitrogens with one attached hydrogen (secondary N) is 1. The first-order valence-electron chi connectivity index (χ1n) is 9.22. The minimum absolute atomic E-state index is 0.0735. The van der Waals surface area contributed by atoms with E-state index in [0.29, 0.717) is 6.42 Å². The third kappa shape index (κ3) is 2.83. The highest BCUT2D eigenvalue weighted by molar-refractivity contribution is 5.42. The Kier molecular flexibility index (Phi) is 4.82. The van der Waals surface area contributed by atoms with E-state index in [1.165, 1.54) is 11.1 Å². The third-order valence-electron chi connectivity index (χ3n) is 5.26. The Morgan fingerprint density at radius 3 is 2.23 bits per heavy atom. The van der Waals surface area contributed by atoms with Crippen LogP contribution in [0.2, 0.25) is 0 Å². The lowest BCUT2D eigenvalue weighted by Crippen LogP contribution is -2.51. The van der Waals surface area contributed by atoms with Gasteiger partial charge in [0.05, 0.1) is 11.9 Å². The lowest BCUT2D eigenvalue weighted by atomic mass is 9.76. The molecule has 134 valence electrons. The first-order valence-corrected chi connectivity index (χ1v) is 9.22. The van der Waals surface area contributed by atoms with Crippen molar-refractivity contribution in [3.63, 3.8) is 0 Å². The molecule has 0 spiro atoms. The van der Waals surface area contributed by atoms with Crippen LogP contribution in [0.1, 0.15) is 29.7 Å². The number of rotatable bonds is 6. The number of nitrogens with zero attached hydrogens (tertiary/aromatic N) is 3. The van der Waals surface area contributed by atoms with Gasteiger partial charge in [-0.3, -0.25) is 0 Å². The van der Waals surface area contributed by atoms with Crippen molar-refractivity contribution in [2.45, 2.75) is 30.8 Å². The maximum Gasteiger partial charge on any atom is 0.129 e. The van der Waals surface area contributed by atoms with E-state index in [1.54, 1.807) is 0 Å². The summed E-state index contributed by atoms with van der Waals surface area (Å²) in [5.74, 6) is 0. The van der Waals surface area contributed by atoms with E-state index in [-0.39, 0.29) is 12.6 Å². The van der Waals surface area contributed by atoms with Crippen LogP contribution >= 0.6 is 0 Å². The Balaban J connectivity index is 1.96. The molecule has 2 N–H and O–H groups in total. The topological polar surface area (TPSA) is 63.0 Å². The standard InChI is InChI=1S/C21H24N4O/c26-15-13-19-16-25(24-23-19)21(20-12-7-14-22-20,17-8-3-1-4-9-17)18-10-5-2-6-11-18/h1-6,8-11,16,20,22,26H,7,12-15H2/t20-/m0/s1. The van der Waals surface area contributed by atoms with Gasteiger partial charge in [-0.2, -0.15) is 0 Å². The third-order valence-corrected chi connectivity index (χ3v) is 5.26. The molecule has 0 saturated carbocycles. The summed E-state index contributed by atoms with van der Waals surface area (Å²) in [4.78, 5) is 0. The van der Waals surface area contributed by atoms with E-state index in [2.05, 4.69) is 64.2 Å². The molecule has 1 fully saturated rings. The molecule has 1 saturated heterocycles. The highest BCUT2D eigenvalue weighted by Crippen LogP contribution is 2.40. The number of aromatic nitrogens is 3. The Morgan fingerprint density at radius 2 is 1.69 bits per heavy atom. The van der Waals surface area contributed by atoms with Crippen molar-refractivity contribution in [3.8, 4) is 0 Å². The highest BCUT2D eigenvalue weighted by Gasteiger charge is 2.46. The van der Waals surface area contributed by atoms with Crippen LogP contribution in [-0.4, -0.2) is 39.3 Å². The van der Waals surface area contributed by atoms with Gasteiger partial charge in [0.25, 0.3) is 0 Å². The molecule has 5 nitrogen and oxygen atoms in total. The molecule has 0 amide bonds. The average Bonchev–Trinajstić information content (AvgIpc) is 3.38. The van der Waals surface area contributed by atoms with Crippen LogP contribution in [0.5, 0.6) is 0 Å². The minimum Gasteiger partial charge on any atom is -0.396 e. The molecular formula is C21H24N4O. The van der Waals surface area contributed by atoms with Gasteiger partial charge in [0.1, 0.15) is 5.54 Å². The van der Waals surface area contributed by atoms with Gasteiger partial charge in [-0.05, 0) is 30.5 Å². The van der Waals surface area contributed by atoms with E-state index in [0.717, 1.165) is 25.1 Å². The molecule has 2 aromatic carbocycles. The van der Waals surface area contributed by atoms with E-state index < -0.39 is 5.54 Å². The van der Waals surface area contributed by atoms with Gasteiger partial charge < -0.3 is 10.4 Å². The number of aliphatic hydroxyl groups is 1. The van der Waals surface area contributed by atoms with Crippen LogP contribution < -0.4 is 5.32 Å². The van der Waals surface area contributed by atoms with Crippen molar-refractivity contribution >= 4 is 0 Å². The zero-order valence-electron chi connectivity index (χ0n) is 14.8. The molecule has 3 aromatic rings. The zero-order chi connectivity index (χ0) is 17.8. The fourth-order valence-electron chi connectivity index (χ4n) is 4.12. The van der Waals surface area contributed by atoms with Crippen molar-refractivity contribution in [1.82, 2.24) is 20.3 Å². The van der Waals surface area contributed by atoms with E-state index in [1.807, 2.05) is 23.0 Å². The number of hydrogen-bond acceptors (Lipinski definition) is 4. The van der Waals surface area contributed by atoms with Gasteiger partial charge in [0.15, 0.2) is 0 Å². The first-order chi connectivity index (χ1) is 12.9. The molecule has 5 heteroatoms. The Hall–Kier alpha value is -2.50. The van der Waals surface area contributed by atoms with Gasteiger partial charge in [0, 0.05) is 19.1 Å². The van der Waals surface area contributed by atoms with Crippen LogP contribution in [-0.2, 0) is 12.0 Å². The summed E-state index contributed by atoms with van der Waals surface area (Å²) in [7, 11) is 0. The minimum atomic E-state index is -0.472. The second-order valence-electron chi connectivity index (χ2n) is 6.78. The molecule has 0 unspecified atom stereocenters. The summed E-state index contributed by atoms with van der Waals surface area (Å²) in [6, 6.07) is 21.3. The number of benzene rings is 2. The van der Waals surface area contributed by atoms with Crippen LogP contribution in [0.3, 0.4) is 0 Å². The zero-order valence-corrected chi connectivity index (χ0v) is 14.8. The summed E-state index contributed by atoms with van der Waals surface area (Å²) in [6.45, 7) is 1.08. The maximum absolute atomic E-state index is 9.29.